The van der Waals surface area contributed by atoms with Crippen LogP contribution in [-0.2, 0) is 11.4 Å². The lowest BCUT2D eigenvalue weighted by atomic mass is 10.1. The zero-order valence-corrected chi connectivity index (χ0v) is 21.1. The topological polar surface area (TPSA) is 41.9 Å². The number of carbonyl (C=O) groups excluding carboxylic acids is 1. The Morgan fingerprint density at radius 3 is 2.23 bits per heavy atom. The highest BCUT2D eigenvalue weighted by atomic mass is 79.9. The zero-order valence-electron chi connectivity index (χ0n) is 18.7. The molecule has 4 nitrogen and oxygen atoms in total. The smallest absolute Gasteiger partial charge is 0.271 e. The summed E-state index contributed by atoms with van der Waals surface area (Å²) in [5.41, 5.74) is 3.46. The quantitative estimate of drug-likeness (QED) is 0.234. The predicted molar refractivity (Wildman–Crippen MR) is 148 cm³/mol. The molecule has 0 aromatic heterocycles. The Morgan fingerprint density at radius 1 is 0.857 bits per heavy atom. The molecule has 1 saturated heterocycles. The van der Waals surface area contributed by atoms with Crippen molar-refractivity contribution in [3.8, 4) is 5.75 Å². The van der Waals surface area contributed by atoms with Crippen LogP contribution in [0.3, 0.4) is 0 Å². The maximum Gasteiger partial charge on any atom is 0.271 e. The summed E-state index contributed by atoms with van der Waals surface area (Å²) in [7, 11) is 0. The monoisotopic (exact) mass is 540 g/mol. The first-order valence-electron chi connectivity index (χ1n) is 11.1. The normalized spacial score (nSPS) is 15.7. The number of aliphatic imine (C=N–C) groups is 1. The Balaban J connectivity index is 1.50. The van der Waals surface area contributed by atoms with Gasteiger partial charge in [0, 0.05) is 10.0 Å². The van der Waals surface area contributed by atoms with Crippen molar-refractivity contribution in [3.05, 3.63) is 130 Å². The second-order valence-electron chi connectivity index (χ2n) is 7.77. The highest BCUT2D eigenvalue weighted by Gasteiger charge is 2.35. The summed E-state index contributed by atoms with van der Waals surface area (Å²) < 4.78 is 7.04. The van der Waals surface area contributed by atoms with Gasteiger partial charge in [0.2, 0.25) is 0 Å². The third kappa shape index (κ3) is 5.56. The van der Waals surface area contributed by atoms with E-state index in [9.17, 15) is 4.79 Å². The molecule has 0 unspecified atom stereocenters. The number of para-hydroxylation sites is 2. The van der Waals surface area contributed by atoms with Gasteiger partial charge in [-0.25, -0.2) is 4.99 Å². The number of amidine groups is 1. The Kier molecular flexibility index (Phi) is 7.12. The summed E-state index contributed by atoms with van der Waals surface area (Å²) >= 11 is 4.91. The van der Waals surface area contributed by atoms with Crippen LogP contribution in [0, 0.1) is 0 Å². The van der Waals surface area contributed by atoms with Crippen molar-refractivity contribution in [3.63, 3.8) is 0 Å². The van der Waals surface area contributed by atoms with Crippen LogP contribution >= 0.6 is 27.7 Å². The van der Waals surface area contributed by atoms with Crippen molar-refractivity contribution in [1.29, 1.82) is 0 Å². The number of halogens is 1. The molecule has 35 heavy (non-hydrogen) atoms. The van der Waals surface area contributed by atoms with E-state index in [4.69, 9.17) is 9.73 Å². The molecule has 1 amide bonds. The molecular weight excluding hydrogens is 520 g/mol. The van der Waals surface area contributed by atoms with E-state index in [1.165, 1.54) is 11.8 Å². The van der Waals surface area contributed by atoms with Gasteiger partial charge in [-0.2, -0.15) is 0 Å². The number of benzene rings is 4. The number of anilines is 1. The molecule has 6 heteroatoms. The fraction of sp³-hybridized carbons (Fsp3) is 0.0345. The summed E-state index contributed by atoms with van der Waals surface area (Å²) in [4.78, 5) is 20.6. The van der Waals surface area contributed by atoms with Crippen LogP contribution in [0.2, 0.25) is 0 Å². The summed E-state index contributed by atoms with van der Waals surface area (Å²) in [6.45, 7) is 0.441. The molecule has 0 atom stereocenters. The lowest BCUT2D eigenvalue weighted by molar-refractivity contribution is -0.113. The van der Waals surface area contributed by atoms with Crippen molar-refractivity contribution < 1.29 is 9.53 Å². The minimum Gasteiger partial charge on any atom is -0.488 e. The molecule has 1 aliphatic heterocycles. The minimum absolute atomic E-state index is 0.120. The van der Waals surface area contributed by atoms with Crippen LogP contribution in [-0.4, -0.2) is 11.1 Å². The van der Waals surface area contributed by atoms with E-state index < -0.39 is 0 Å². The molecule has 5 rings (SSSR count). The average molecular weight is 541 g/mol. The molecule has 1 fully saturated rings. The number of hydrogen-bond acceptors (Lipinski definition) is 4. The van der Waals surface area contributed by atoms with Gasteiger partial charge in [-0.15, -0.1) is 0 Å². The molecule has 0 radical (unpaired) electrons. The second-order valence-corrected chi connectivity index (χ2v) is 9.70. The van der Waals surface area contributed by atoms with Crippen LogP contribution in [0.1, 0.15) is 11.1 Å². The van der Waals surface area contributed by atoms with Gasteiger partial charge >= 0.3 is 0 Å². The van der Waals surface area contributed by atoms with Gasteiger partial charge in [-0.05, 0) is 65.9 Å². The number of nitrogens with zero attached hydrogens (tertiary/aromatic N) is 2. The number of amides is 1. The highest BCUT2D eigenvalue weighted by molar-refractivity contribution is 9.10. The summed E-state index contributed by atoms with van der Waals surface area (Å²) in [6, 6.07) is 35.1. The lowest BCUT2D eigenvalue weighted by Crippen LogP contribution is -2.28. The standard InChI is InChI=1S/C29H21BrN2O2S/c30-23-16-17-26(34-20-21-10-4-1-5-11-21)22(18-23)19-27-28(33)32(25-14-8-3-9-15-25)29(35-27)31-24-12-6-2-7-13-24/h1-19H,20H2/b27-19+,31-29?. The Labute approximate surface area is 217 Å². The third-order valence-electron chi connectivity index (χ3n) is 5.30. The fourth-order valence-electron chi connectivity index (χ4n) is 3.61. The third-order valence-corrected chi connectivity index (χ3v) is 6.76. The van der Waals surface area contributed by atoms with Crippen molar-refractivity contribution in [2.24, 2.45) is 4.99 Å². The Morgan fingerprint density at radius 2 is 1.51 bits per heavy atom. The van der Waals surface area contributed by atoms with Gasteiger partial charge in [0.05, 0.1) is 16.3 Å². The average Bonchev–Trinajstić information content (AvgIpc) is 3.19. The SMILES string of the molecule is O=C1/C(=C\c2cc(Br)ccc2OCc2ccccc2)SC(=Nc2ccccc2)N1c1ccccc1. The van der Waals surface area contributed by atoms with Gasteiger partial charge in [-0.3, -0.25) is 9.69 Å². The van der Waals surface area contributed by atoms with Crippen LogP contribution in [0.5, 0.6) is 5.75 Å². The first-order valence-corrected chi connectivity index (χ1v) is 12.7. The molecule has 0 N–H and O–H groups in total. The first-order chi connectivity index (χ1) is 17.2. The van der Waals surface area contributed by atoms with E-state index >= 15 is 0 Å². The van der Waals surface area contributed by atoms with Gasteiger partial charge in [0.1, 0.15) is 12.4 Å². The van der Waals surface area contributed by atoms with E-state index in [2.05, 4.69) is 15.9 Å². The van der Waals surface area contributed by atoms with E-state index in [0.717, 1.165) is 27.0 Å². The molecule has 0 bridgehead atoms. The van der Waals surface area contributed by atoms with E-state index in [1.54, 1.807) is 4.90 Å². The Hall–Kier alpha value is -3.61. The van der Waals surface area contributed by atoms with Gasteiger partial charge < -0.3 is 4.74 Å². The van der Waals surface area contributed by atoms with Gasteiger partial charge in [-0.1, -0.05) is 82.7 Å². The van der Waals surface area contributed by atoms with Gasteiger partial charge in [0.25, 0.3) is 5.91 Å². The maximum atomic E-state index is 13.6. The van der Waals surface area contributed by atoms with Crippen molar-refractivity contribution in [2.75, 3.05) is 4.90 Å². The first kappa shape index (κ1) is 23.1. The molecule has 0 spiro atoms. The molecule has 4 aromatic rings. The van der Waals surface area contributed by atoms with Crippen LogP contribution in [0.15, 0.2) is 124 Å². The summed E-state index contributed by atoms with van der Waals surface area (Å²) in [6.07, 6.45) is 1.88. The largest absolute Gasteiger partial charge is 0.488 e. The van der Waals surface area contributed by atoms with Gasteiger partial charge in [0.15, 0.2) is 5.17 Å². The van der Waals surface area contributed by atoms with Crippen molar-refractivity contribution >= 4 is 56.2 Å². The highest BCUT2D eigenvalue weighted by Crippen LogP contribution is 2.38. The predicted octanol–water partition coefficient (Wildman–Crippen LogP) is 7.84. The van der Waals surface area contributed by atoms with Crippen LogP contribution in [0.25, 0.3) is 6.08 Å². The minimum atomic E-state index is -0.120. The summed E-state index contributed by atoms with van der Waals surface area (Å²) in [5.74, 6) is 0.586. The van der Waals surface area contributed by atoms with E-state index in [1.807, 2.05) is 115 Å². The summed E-state index contributed by atoms with van der Waals surface area (Å²) in [5, 5.41) is 0.611. The van der Waals surface area contributed by atoms with E-state index in [0.29, 0.717) is 22.4 Å². The molecular formula is C29H21BrN2O2S. The fourth-order valence-corrected chi connectivity index (χ4v) is 4.98. The van der Waals surface area contributed by atoms with Crippen LogP contribution < -0.4 is 9.64 Å². The van der Waals surface area contributed by atoms with Crippen molar-refractivity contribution in [1.82, 2.24) is 0 Å². The number of rotatable bonds is 6. The molecule has 0 saturated carbocycles. The molecule has 1 heterocycles. The molecule has 172 valence electrons. The molecule has 1 aliphatic rings. The number of ether oxygens (including phenoxy) is 1. The number of hydrogen-bond donors (Lipinski definition) is 0. The van der Waals surface area contributed by atoms with E-state index in [-0.39, 0.29) is 5.91 Å². The lowest BCUT2D eigenvalue weighted by Gasteiger charge is -2.15. The number of carbonyl (C=O) groups is 1. The molecule has 0 aliphatic carbocycles. The van der Waals surface area contributed by atoms with Crippen LogP contribution in [0.4, 0.5) is 11.4 Å². The molecule has 4 aromatic carbocycles. The Bertz CT molecular complexity index is 1390. The number of thioether (sulfide) groups is 1. The zero-order chi connectivity index (χ0) is 24.0. The second kappa shape index (κ2) is 10.8. The maximum absolute atomic E-state index is 13.6. The van der Waals surface area contributed by atoms with Crippen molar-refractivity contribution in [2.45, 2.75) is 6.61 Å².